The first-order chi connectivity index (χ1) is 22.5. The number of ether oxygens (including phenoxy) is 1. The van der Waals surface area contributed by atoms with Gasteiger partial charge >= 0.3 is 5.97 Å². The molecule has 7 heteroatoms. The fourth-order valence-corrected chi connectivity index (χ4v) is 10.4. The van der Waals surface area contributed by atoms with Gasteiger partial charge in [0.25, 0.3) is 0 Å². The molecule has 270 valence electrons. The van der Waals surface area contributed by atoms with Crippen molar-refractivity contribution < 1.29 is 14.3 Å². The van der Waals surface area contributed by atoms with Gasteiger partial charge in [-0.25, -0.2) is 0 Å². The second kappa shape index (κ2) is 18.0. The summed E-state index contributed by atoms with van der Waals surface area (Å²) in [5, 5.41) is 3.40. The molecule has 7 nitrogen and oxygen atoms in total. The van der Waals surface area contributed by atoms with E-state index < -0.39 is 5.92 Å². The molecule has 0 heterocycles. The number of hydrogen-bond acceptors (Lipinski definition) is 6. The van der Waals surface area contributed by atoms with Crippen LogP contribution in [0.5, 0.6) is 0 Å². The summed E-state index contributed by atoms with van der Waals surface area (Å²) >= 11 is 0. The van der Waals surface area contributed by atoms with Gasteiger partial charge in [-0.05, 0) is 151 Å². The Hall–Kier alpha value is -1.44. The van der Waals surface area contributed by atoms with Crippen LogP contribution < -0.4 is 16.8 Å². The van der Waals surface area contributed by atoms with Crippen molar-refractivity contribution in [2.24, 2.45) is 57.8 Å². The Kier molecular flexibility index (Phi) is 14.7. The maximum atomic E-state index is 13.5. The zero-order chi connectivity index (χ0) is 34.0. The zero-order valence-corrected chi connectivity index (χ0v) is 31.0. The Labute approximate surface area is 288 Å². The van der Waals surface area contributed by atoms with Crippen LogP contribution in [0.2, 0.25) is 0 Å². The smallest absolute Gasteiger partial charge is 0.318 e. The van der Waals surface area contributed by atoms with E-state index in [1.807, 2.05) is 4.90 Å². The lowest BCUT2D eigenvalue weighted by molar-refractivity contribution is -0.161. The minimum absolute atomic E-state index is 0.124. The molecule has 0 bridgehead atoms. The van der Waals surface area contributed by atoms with Crippen molar-refractivity contribution in [1.29, 1.82) is 0 Å². The standard InChI is InChI=1S/C40H72N4O3/c1-29(2)12-6-7-13-31-15-17-35-34-16-14-32-28-33(18-20-40(32,5)36(34)19-21-39(31,35)4)47-38(46)30(3)37(45)44(27-11-23-42)26-9-8-24-43-25-10-22-41/h14,29-31,33-36,43H,6-13,15-28,41-42H2,1-5H3. The van der Waals surface area contributed by atoms with Gasteiger partial charge in [-0.3, -0.25) is 9.59 Å². The van der Waals surface area contributed by atoms with E-state index in [0.29, 0.717) is 31.6 Å². The minimum Gasteiger partial charge on any atom is -0.461 e. The molecule has 0 saturated heterocycles. The number of unbranched alkanes of at least 4 members (excludes halogenated alkanes) is 2. The molecular weight excluding hydrogens is 584 g/mol. The maximum Gasteiger partial charge on any atom is 0.318 e. The third-order valence-electron chi connectivity index (χ3n) is 13.4. The summed E-state index contributed by atoms with van der Waals surface area (Å²) in [6.07, 6.45) is 21.2. The number of hydrogen-bond donors (Lipinski definition) is 3. The predicted octanol–water partition coefficient (Wildman–Crippen LogP) is 7.23. The molecule has 0 aromatic carbocycles. The number of carbonyl (C=O) groups excluding carboxylic acids is 2. The largest absolute Gasteiger partial charge is 0.461 e. The van der Waals surface area contributed by atoms with E-state index >= 15 is 0 Å². The fraction of sp³-hybridized carbons (Fsp3) is 0.900. The summed E-state index contributed by atoms with van der Waals surface area (Å²) in [6.45, 7) is 15.9. The van der Waals surface area contributed by atoms with Crippen LogP contribution in [-0.2, 0) is 14.3 Å². The summed E-state index contributed by atoms with van der Waals surface area (Å²) in [5.74, 6) is 2.88. The van der Waals surface area contributed by atoms with Crippen LogP contribution >= 0.6 is 0 Å². The molecule has 3 fully saturated rings. The Morgan fingerprint density at radius 3 is 2.40 bits per heavy atom. The number of nitrogens with two attached hydrogens (primary N) is 2. The molecule has 0 aromatic rings. The first kappa shape index (κ1) is 38.4. The van der Waals surface area contributed by atoms with Gasteiger partial charge in [0, 0.05) is 19.5 Å². The molecule has 47 heavy (non-hydrogen) atoms. The van der Waals surface area contributed by atoms with Gasteiger partial charge in [0.2, 0.25) is 5.91 Å². The van der Waals surface area contributed by atoms with Crippen LogP contribution in [-0.4, -0.2) is 62.1 Å². The second-order valence-electron chi connectivity index (χ2n) is 16.8. The number of nitrogens with one attached hydrogen (secondary N) is 1. The lowest BCUT2D eigenvalue weighted by atomic mass is 9.47. The normalized spacial score (nSPS) is 32.3. The van der Waals surface area contributed by atoms with Gasteiger partial charge in [0.1, 0.15) is 12.0 Å². The fourth-order valence-electron chi connectivity index (χ4n) is 10.4. The SMILES string of the molecule is CC(C)CCCCC1CCC2C3CC=C4CC(OC(=O)C(C)C(=O)N(CCCN)CCCCNCCCN)CCC4(C)C3CCC12C. The Morgan fingerprint density at radius 1 is 0.915 bits per heavy atom. The highest BCUT2D eigenvalue weighted by atomic mass is 16.5. The highest BCUT2D eigenvalue weighted by Crippen LogP contribution is 2.66. The molecule has 8 unspecified atom stereocenters. The number of esters is 1. The van der Waals surface area contributed by atoms with E-state index in [9.17, 15) is 9.59 Å². The molecule has 0 aliphatic heterocycles. The number of fused-ring (bicyclic) bond motifs is 5. The van der Waals surface area contributed by atoms with Crippen molar-refractivity contribution in [2.75, 3.05) is 39.3 Å². The van der Waals surface area contributed by atoms with E-state index in [-0.39, 0.29) is 23.4 Å². The molecule has 3 saturated carbocycles. The number of nitrogens with zero attached hydrogens (tertiary/aromatic N) is 1. The third-order valence-corrected chi connectivity index (χ3v) is 13.4. The number of carbonyl (C=O) groups is 2. The number of allylic oxidation sites excluding steroid dienone is 1. The molecule has 4 rings (SSSR count). The quantitative estimate of drug-likeness (QED) is 0.0586. The second-order valence-corrected chi connectivity index (χ2v) is 16.8. The van der Waals surface area contributed by atoms with Gasteiger partial charge in [-0.15, -0.1) is 0 Å². The van der Waals surface area contributed by atoms with E-state index in [0.717, 1.165) is 87.6 Å². The predicted molar refractivity (Wildman–Crippen MR) is 194 cm³/mol. The molecule has 1 amide bonds. The molecular formula is C40H72N4O3. The average molecular weight is 657 g/mol. The highest BCUT2D eigenvalue weighted by molar-refractivity contribution is 5.97. The Balaban J connectivity index is 1.29. The summed E-state index contributed by atoms with van der Waals surface area (Å²) in [7, 11) is 0. The summed E-state index contributed by atoms with van der Waals surface area (Å²) in [5.41, 5.74) is 13.6. The third kappa shape index (κ3) is 9.42. The van der Waals surface area contributed by atoms with Gasteiger partial charge in [0.15, 0.2) is 0 Å². The average Bonchev–Trinajstić information content (AvgIpc) is 3.39. The van der Waals surface area contributed by atoms with Crippen LogP contribution in [0.4, 0.5) is 0 Å². The van der Waals surface area contributed by atoms with Crippen molar-refractivity contribution in [2.45, 2.75) is 143 Å². The van der Waals surface area contributed by atoms with Gasteiger partial charge in [0.05, 0.1) is 0 Å². The first-order valence-electron chi connectivity index (χ1n) is 19.8. The maximum absolute atomic E-state index is 13.5. The van der Waals surface area contributed by atoms with E-state index in [1.54, 1.807) is 6.92 Å². The molecule has 0 radical (unpaired) electrons. The molecule has 4 aliphatic rings. The topological polar surface area (TPSA) is 111 Å². The van der Waals surface area contributed by atoms with E-state index in [1.165, 1.54) is 63.4 Å². The van der Waals surface area contributed by atoms with E-state index in [2.05, 4.69) is 39.1 Å². The lowest BCUT2D eigenvalue weighted by Crippen LogP contribution is -2.50. The van der Waals surface area contributed by atoms with Crippen molar-refractivity contribution in [3.8, 4) is 0 Å². The first-order valence-corrected chi connectivity index (χ1v) is 19.8. The van der Waals surface area contributed by atoms with Crippen molar-refractivity contribution in [1.82, 2.24) is 10.2 Å². The van der Waals surface area contributed by atoms with Gasteiger partial charge in [-0.1, -0.05) is 58.6 Å². The summed E-state index contributed by atoms with van der Waals surface area (Å²) in [4.78, 5) is 28.6. The molecule has 0 aromatic heterocycles. The molecule has 8 atom stereocenters. The lowest BCUT2D eigenvalue weighted by Gasteiger charge is -2.58. The Bertz CT molecular complexity index is 1030. The van der Waals surface area contributed by atoms with Crippen molar-refractivity contribution in [3.05, 3.63) is 11.6 Å². The van der Waals surface area contributed by atoms with Crippen molar-refractivity contribution >= 4 is 11.9 Å². The zero-order valence-electron chi connectivity index (χ0n) is 31.0. The highest BCUT2D eigenvalue weighted by Gasteiger charge is 2.58. The number of rotatable bonds is 19. The summed E-state index contributed by atoms with van der Waals surface area (Å²) in [6, 6.07) is 0. The van der Waals surface area contributed by atoms with E-state index in [4.69, 9.17) is 16.2 Å². The van der Waals surface area contributed by atoms with Crippen LogP contribution in [0.1, 0.15) is 137 Å². The summed E-state index contributed by atoms with van der Waals surface area (Å²) < 4.78 is 6.13. The van der Waals surface area contributed by atoms with Crippen LogP contribution in [0.3, 0.4) is 0 Å². The monoisotopic (exact) mass is 657 g/mol. The van der Waals surface area contributed by atoms with Crippen molar-refractivity contribution in [3.63, 3.8) is 0 Å². The van der Waals surface area contributed by atoms with Gasteiger partial charge in [-0.2, -0.15) is 0 Å². The van der Waals surface area contributed by atoms with Crippen LogP contribution in [0, 0.1) is 46.3 Å². The number of amides is 1. The molecule has 5 N–H and O–H groups in total. The molecule has 4 aliphatic carbocycles. The minimum atomic E-state index is -0.787. The molecule has 0 spiro atoms. The van der Waals surface area contributed by atoms with Crippen LogP contribution in [0.15, 0.2) is 11.6 Å². The van der Waals surface area contributed by atoms with Crippen LogP contribution in [0.25, 0.3) is 0 Å². The van der Waals surface area contributed by atoms with Gasteiger partial charge < -0.3 is 26.4 Å². The Morgan fingerprint density at radius 2 is 1.66 bits per heavy atom.